The van der Waals surface area contributed by atoms with Crippen molar-refractivity contribution in [2.75, 3.05) is 11.9 Å². The topological polar surface area (TPSA) is 154 Å². The summed E-state index contributed by atoms with van der Waals surface area (Å²) in [5, 5.41) is 21.9. The van der Waals surface area contributed by atoms with Crippen LogP contribution in [0.3, 0.4) is 0 Å². The van der Waals surface area contributed by atoms with Crippen LogP contribution in [0, 0.1) is 11.3 Å². The van der Waals surface area contributed by atoms with Crippen LogP contribution in [-0.4, -0.2) is 42.1 Å². The fraction of sp³-hybridized carbons (Fsp3) is 0.450. The average molecular weight is 514 g/mol. The van der Waals surface area contributed by atoms with Gasteiger partial charge in [-0.1, -0.05) is 67.3 Å². The van der Waals surface area contributed by atoms with Crippen molar-refractivity contribution in [3.63, 3.8) is 0 Å². The van der Waals surface area contributed by atoms with Crippen molar-refractivity contribution in [3.8, 4) is 0 Å². The molecule has 0 aliphatic rings. The SMILES string of the molecule is CC(C)CC(CO)Nc1nc(SC(C)c2ccccc2)nc2c1sc(=N)n2COP(=O)(O)O. The lowest BCUT2D eigenvalue weighted by molar-refractivity contribution is 0.154. The lowest BCUT2D eigenvalue weighted by atomic mass is 10.0. The highest BCUT2D eigenvalue weighted by Gasteiger charge is 2.22. The molecule has 0 radical (unpaired) electrons. The molecule has 0 saturated heterocycles. The quantitative estimate of drug-likeness (QED) is 0.147. The molecule has 5 N–H and O–H groups in total. The Morgan fingerprint density at radius 1 is 1.24 bits per heavy atom. The van der Waals surface area contributed by atoms with E-state index in [0.717, 1.165) is 16.9 Å². The molecule has 13 heteroatoms. The number of hydrogen-bond acceptors (Lipinski definition) is 9. The van der Waals surface area contributed by atoms with E-state index < -0.39 is 14.6 Å². The summed E-state index contributed by atoms with van der Waals surface area (Å²) < 4.78 is 17.7. The Morgan fingerprint density at radius 3 is 2.55 bits per heavy atom. The molecule has 0 fully saturated rings. The molecule has 1 aromatic carbocycles. The highest BCUT2D eigenvalue weighted by atomic mass is 32.2. The molecule has 3 rings (SSSR count). The van der Waals surface area contributed by atoms with Crippen molar-refractivity contribution in [1.82, 2.24) is 14.5 Å². The summed E-state index contributed by atoms with van der Waals surface area (Å²) in [4.78, 5) is 27.5. The molecule has 33 heavy (non-hydrogen) atoms. The van der Waals surface area contributed by atoms with Gasteiger partial charge in [0.2, 0.25) is 0 Å². The largest absolute Gasteiger partial charge is 0.471 e. The number of rotatable bonds is 11. The van der Waals surface area contributed by atoms with Gasteiger partial charge in [0.1, 0.15) is 11.4 Å². The molecule has 2 aromatic heterocycles. The highest BCUT2D eigenvalue weighted by molar-refractivity contribution is 7.99. The molecule has 0 bridgehead atoms. The maximum Gasteiger partial charge on any atom is 0.471 e. The van der Waals surface area contributed by atoms with E-state index >= 15 is 0 Å². The zero-order valence-corrected chi connectivity index (χ0v) is 21.0. The van der Waals surface area contributed by atoms with Gasteiger partial charge in [-0.3, -0.25) is 14.5 Å². The van der Waals surface area contributed by atoms with Crippen LogP contribution in [0.2, 0.25) is 0 Å². The van der Waals surface area contributed by atoms with Crippen LogP contribution in [0.4, 0.5) is 5.82 Å². The van der Waals surface area contributed by atoms with Crippen molar-refractivity contribution in [1.29, 1.82) is 5.41 Å². The predicted octanol–water partition coefficient (Wildman–Crippen LogP) is 3.71. The van der Waals surface area contributed by atoms with Crippen LogP contribution >= 0.6 is 30.9 Å². The van der Waals surface area contributed by atoms with Gasteiger partial charge in [-0.05, 0) is 24.8 Å². The number of thiazole rings is 1. The molecule has 180 valence electrons. The second-order valence-corrected chi connectivity index (χ2v) is 11.5. The summed E-state index contributed by atoms with van der Waals surface area (Å²) in [5.41, 5.74) is 1.43. The second-order valence-electron chi connectivity index (χ2n) is 7.92. The van der Waals surface area contributed by atoms with Gasteiger partial charge in [0, 0.05) is 5.25 Å². The molecule has 3 aromatic rings. The summed E-state index contributed by atoms with van der Waals surface area (Å²) in [6, 6.07) is 9.64. The highest BCUT2D eigenvalue weighted by Crippen LogP contribution is 2.38. The fourth-order valence-corrected chi connectivity index (χ4v) is 5.29. The van der Waals surface area contributed by atoms with Crippen LogP contribution in [0.5, 0.6) is 0 Å². The molecule has 2 heterocycles. The molecule has 0 saturated carbocycles. The number of phosphoric acid groups is 1. The molecule has 0 aliphatic carbocycles. The number of nitrogens with one attached hydrogen (secondary N) is 2. The smallest absolute Gasteiger partial charge is 0.394 e. The van der Waals surface area contributed by atoms with E-state index in [2.05, 4.69) is 33.7 Å². The van der Waals surface area contributed by atoms with Crippen LogP contribution in [0.15, 0.2) is 35.5 Å². The van der Waals surface area contributed by atoms with E-state index in [1.54, 1.807) is 0 Å². The maximum atomic E-state index is 11.2. The Kier molecular flexibility index (Phi) is 8.68. The monoisotopic (exact) mass is 513 g/mol. The average Bonchev–Trinajstić information content (AvgIpc) is 3.06. The van der Waals surface area contributed by atoms with Gasteiger partial charge < -0.3 is 20.2 Å². The Labute approximate surface area is 199 Å². The molecule has 0 amide bonds. The number of thioether (sulfide) groups is 1. The van der Waals surface area contributed by atoms with E-state index in [1.165, 1.54) is 16.3 Å². The number of anilines is 1. The zero-order valence-electron chi connectivity index (χ0n) is 18.5. The number of hydrogen-bond donors (Lipinski definition) is 5. The van der Waals surface area contributed by atoms with E-state index in [0.29, 0.717) is 33.7 Å². The van der Waals surface area contributed by atoms with E-state index in [9.17, 15) is 9.67 Å². The normalized spacial score (nSPS) is 14.0. The van der Waals surface area contributed by atoms with Crippen molar-refractivity contribution in [3.05, 3.63) is 40.7 Å². The number of aliphatic hydroxyl groups excluding tert-OH is 1. The summed E-state index contributed by atoms with van der Waals surface area (Å²) in [7, 11) is -4.73. The summed E-state index contributed by atoms with van der Waals surface area (Å²) in [6.45, 7) is 5.54. The van der Waals surface area contributed by atoms with Crippen LogP contribution in [-0.2, 0) is 15.8 Å². The maximum absolute atomic E-state index is 11.2. The minimum atomic E-state index is -4.73. The lowest BCUT2D eigenvalue weighted by Gasteiger charge is -2.20. The van der Waals surface area contributed by atoms with Crippen LogP contribution in [0.25, 0.3) is 10.3 Å². The summed E-state index contributed by atoms with van der Waals surface area (Å²) >= 11 is 2.50. The number of aliphatic hydroxyl groups is 1. The summed E-state index contributed by atoms with van der Waals surface area (Å²) in [6.07, 6.45) is 0.714. The molecular formula is C20H28N5O5PS2. The van der Waals surface area contributed by atoms with Crippen molar-refractivity contribution in [2.45, 2.75) is 50.4 Å². The third kappa shape index (κ3) is 7.10. The van der Waals surface area contributed by atoms with Gasteiger partial charge >= 0.3 is 7.82 Å². The summed E-state index contributed by atoms with van der Waals surface area (Å²) in [5.74, 6) is 0.812. The molecule has 2 unspecified atom stereocenters. The number of benzene rings is 1. The first kappa shape index (κ1) is 25.8. The minimum Gasteiger partial charge on any atom is -0.394 e. The van der Waals surface area contributed by atoms with Gasteiger partial charge in [-0.2, -0.15) is 0 Å². The third-order valence-corrected chi connectivity index (χ3v) is 7.21. The molecule has 10 nitrogen and oxygen atoms in total. The van der Waals surface area contributed by atoms with Gasteiger partial charge in [-0.25, -0.2) is 14.5 Å². The minimum absolute atomic E-state index is 0.0125. The molecule has 0 spiro atoms. The molecule has 0 aliphatic heterocycles. The van der Waals surface area contributed by atoms with Gasteiger partial charge in [-0.15, -0.1) is 0 Å². The van der Waals surface area contributed by atoms with Crippen LogP contribution < -0.4 is 10.1 Å². The fourth-order valence-electron chi connectivity index (χ4n) is 3.24. The van der Waals surface area contributed by atoms with E-state index in [1.807, 2.05) is 37.3 Å². The Bertz CT molecular complexity index is 1180. The van der Waals surface area contributed by atoms with E-state index in [-0.39, 0.29) is 22.7 Å². The Morgan fingerprint density at radius 2 is 1.94 bits per heavy atom. The van der Waals surface area contributed by atoms with Gasteiger partial charge in [0.25, 0.3) is 0 Å². The number of fused-ring (bicyclic) bond motifs is 1. The number of aromatic nitrogens is 3. The molecular weight excluding hydrogens is 485 g/mol. The first-order chi connectivity index (χ1) is 15.6. The number of nitrogens with zero attached hydrogens (tertiary/aromatic N) is 3. The predicted molar refractivity (Wildman–Crippen MR) is 129 cm³/mol. The van der Waals surface area contributed by atoms with Crippen molar-refractivity contribution in [2.24, 2.45) is 5.92 Å². The van der Waals surface area contributed by atoms with Gasteiger partial charge in [0.15, 0.2) is 21.4 Å². The zero-order chi connectivity index (χ0) is 24.2. The second kappa shape index (κ2) is 11.1. The lowest BCUT2D eigenvalue weighted by Crippen LogP contribution is -2.26. The Hall–Kier alpha value is -1.79. The van der Waals surface area contributed by atoms with E-state index in [4.69, 9.17) is 15.2 Å². The standard InChI is InChI=1S/C20H28N5O5PS2/c1-12(2)9-15(10-26)22-17-16-18(25(19(21)33-16)11-30-31(27,28)29)24-20(23-17)32-13(3)14-7-5-4-6-8-14/h4-8,12-13,15,21,26H,9-11H2,1-3H3,(H,22,23,24)(H2,27,28,29). The third-order valence-electron chi connectivity index (χ3n) is 4.75. The van der Waals surface area contributed by atoms with Crippen molar-refractivity contribution >= 4 is 47.1 Å². The Balaban J connectivity index is 2.04. The molecule has 2 atom stereocenters. The first-order valence-corrected chi connectivity index (χ1v) is 13.5. The van der Waals surface area contributed by atoms with Crippen molar-refractivity contribution < 1.29 is 24.0 Å². The van der Waals surface area contributed by atoms with Gasteiger partial charge in [0.05, 0.1) is 12.6 Å². The van der Waals surface area contributed by atoms with Crippen LogP contribution in [0.1, 0.15) is 38.0 Å². The first-order valence-electron chi connectivity index (χ1n) is 10.3. The number of phosphoric ester groups is 1.